The van der Waals surface area contributed by atoms with Crippen molar-refractivity contribution in [1.29, 1.82) is 0 Å². The molecule has 1 fully saturated rings. The number of halogens is 1. The second-order valence-corrected chi connectivity index (χ2v) is 5.39. The second kappa shape index (κ2) is 6.11. The number of carbonyl (C=O) groups excluding carboxylic acids is 1. The first-order valence-electron chi connectivity index (χ1n) is 6.74. The van der Waals surface area contributed by atoms with Crippen molar-refractivity contribution in [2.45, 2.75) is 32.4 Å². The summed E-state index contributed by atoms with van der Waals surface area (Å²) >= 11 is 6.20. The van der Waals surface area contributed by atoms with Gasteiger partial charge in [0, 0.05) is 13.6 Å². The van der Waals surface area contributed by atoms with Crippen molar-refractivity contribution in [3.8, 4) is 0 Å². The van der Waals surface area contributed by atoms with Crippen molar-refractivity contribution >= 4 is 17.5 Å². The van der Waals surface area contributed by atoms with Crippen molar-refractivity contribution in [2.75, 3.05) is 19.8 Å². The monoisotopic (exact) mass is 301 g/mol. The van der Waals surface area contributed by atoms with Crippen LogP contribution in [0.1, 0.15) is 29.9 Å². The van der Waals surface area contributed by atoms with E-state index in [4.69, 9.17) is 16.3 Å². The number of nitrogens with zero attached hydrogens (tertiary/aromatic N) is 3. The summed E-state index contributed by atoms with van der Waals surface area (Å²) in [6.45, 7) is 4.54. The van der Waals surface area contributed by atoms with E-state index in [9.17, 15) is 9.90 Å². The molecule has 2 rings (SSSR count). The van der Waals surface area contributed by atoms with E-state index in [0.717, 1.165) is 0 Å². The number of ether oxygens (including phenoxy) is 1. The molecule has 1 aliphatic heterocycles. The standard InChI is InChI=1S/C13H20ClN3O3/c1-4-10-11(12(14)16(3)15-10)13(19)17-5-9(6-18)20-7-8(17)2/h8-9,18H,4-7H2,1-3H3. The first kappa shape index (κ1) is 15.3. The largest absolute Gasteiger partial charge is 0.394 e. The molecule has 2 heterocycles. The SMILES string of the molecule is CCc1nn(C)c(Cl)c1C(=O)N1CC(CO)OCC1C. The van der Waals surface area contributed by atoms with Crippen LogP contribution in [0.4, 0.5) is 0 Å². The molecule has 0 spiro atoms. The van der Waals surface area contributed by atoms with Gasteiger partial charge in [-0.2, -0.15) is 5.10 Å². The maximum absolute atomic E-state index is 12.7. The third-order valence-electron chi connectivity index (χ3n) is 3.57. The summed E-state index contributed by atoms with van der Waals surface area (Å²) in [5.41, 5.74) is 1.16. The number of aliphatic hydroxyl groups is 1. The lowest BCUT2D eigenvalue weighted by Crippen LogP contribution is -2.52. The van der Waals surface area contributed by atoms with Crippen LogP contribution in [0.15, 0.2) is 0 Å². The summed E-state index contributed by atoms with van der Waals surface area (Å²) in [6, 6.07) is -0.0497. The highest BCUT2D eigenvalue weighted by molar-refractivity contribution is 6.33. The van der Waals surface area contributed by atoms with Gasteiger partial charge in [0.05, 0.1) is 36.6 Å². The Labute approximate surface area is 123 Å². The Balaban J connectivity index is 2.30. The molecule has 1 aromatic rings. The predicted molar refractivity (Wildman–Crippen MR) is 74.9 cm³/mol. The van der Waals surface area contributed by atoms with E-state index in [-0.39, 0.29) is 24.7 Å². The van der Waals surface area contributed by atoms with Gasteiger partial charge in [-0.3, -0.25) is 9.48 Å². The minimum absolute atomic E-state index is 0.0497. The lowest BCUT2D eigenvalue weighted by atomic mass is 10.1. The van der Waals surface area contributed by atoms with Crippen LogP contribution >= 0.6 is 11.6 Å². The van der Waals surface area contributed by atoms with E-state index in [0.29, 0.717) is 36.0 Å². The van der Waals surface area contributed by atoms with Gasteiger partial charge >= 0.3 is 0 Å². The van der Waals surface area contributed by atoms with E-state index < -0.39 is 0 Å². The summed E-state index contributed by atoms with van der Waals surface area (Å²) in [7, 11) is 1.72. The lowest BCUT2D eigenvalue weighted by molar-refractivity contribution is -0.0667. The smallest absolute Gasteiger partial charge is 0.259 e. The van der Waals surface area contributed by atoms with Crippen LogP contribution in [0, 0.1) is 0 Å². The zero-order valence-electron chi connectivity index (χ0n) is 12.0. The average Bonchev–Trinajstić information content (AvgIpc) is 2.74. The predicted octanol–water partition coefficient (Wildman–Crippen LogP) is 0.858. The van der Waals surface area contributed by atoms with Gasteiger partial charge in [0.15, 0.2) is 0 Å². The molecule has 112 valence electrons. The Morgan fingerprint density at radius 2 is 2.30 bits per heavy atom. The molecular formula is C13H20ClN3O3. The molecule has 1 saturated heterocycles. The summed E-state index contributed by atoms with van der Waals surface area (Å²) < 4.78 is 6.97. The van der Waals surface area contributed by atoms with Gasteiger partial charge in [-0.05, 0) is 13.3 Å². The van der Waals surface area contributed by atoms with E-state index in [2.05, 4.69) is 5.10 Å². The third-order valence-corrected chi connectivity index (χ3v) is 4.00. The molecule has 0 aromatic carbocycles. The minimum Gasteiger partial charge on any atom is -0.394 e. The number of rotatable bonds is 3. The highest BCUT2D eigenvalue weighted by Crippen LogP contribution is 2.24. The zero-order valence-corrected chi connectivity index (χ0v) is 12.7. The Kier molecular flexibility index (Phi) is 4.67. The van der Waals surface area contributed by atoms with Gasteiger partial charge in [-0.1, -0.05) is 18.5 Å². The Hall–Kier alpha value is -1.11. The number of hydrogen-bond donors (Lipinski definition) is 1. The molecule has 1 aromatic heterocycles. The third kappa shape index (κ3) is 2.68. The molecule has 0 radical (unpaired) electrons. The molecule has 6 nitrogen and oxygen atoms in total. The molecule has 1 aliphatic rings. The van der Waals surface area contributed by atoms with Gasteiger partial charge in [0.1, 0.15) is 5.15 Å². The summed E-state index contributed by atoms with van der Waals surface area (Å²) in [5, 5.41) is 13.8. The topological polar surface area (TPSA) is 67.6 Å². The van der Waals surface area contributed by atoms with Crippen LogP contribution in [0.25, 0.3) is 0 Å². The molecule has 1 N–H and O–H groups in total. The first-order chi connectivity index (χ1) is 9.49. The summed E-state index contributed by atoms with van der Waals surface area (Å²) in [4.78, 5) is 14.4. The highest BCUT2D eigenvalue weighted by Gasteiger charge is 2.33. The molecule has 20 heavy (non-hydrogen) atoms. The van der Waals surface area contributed by atoms with Crippen LogP contribution in [0.5, 0.6) is 0 Å². The van der Waals surface area contributed by atoms with Gasteiger partial charge in [-0.25, -0.2) is 0 Å². The van der Waals surface area contributed by atoms with Gasteiger partial charge in [0.25, 0.3) is 5.91 Å². The quantitative estimate of drug-likeness (QED) is 0.899. The van der Waals surface area contributed by atoms with E-state index in [1.165, 1.54) is 4.68 Å². The van der Waals surface area contributed by atoms with Gasteiger partial charge in [-0.15, -0.1) is 0 Å². The fraction of sp³-hybridized carbons (Fsp3) is 0.692. The molecule has 1 amide bonds. The number of amides is 1. The Bertz CT molecular complexity index is 503. The normalized spacial score (nSPS) is 23.1. The maximum Gasteiger partial charge on any atom is 0.259 e. The fourth-order valence-electron chi connectivity index (χ4n) is 2.37. The number of morpholine rings is 1. The van der Waals surface area contributed by atoms with Crippen LogP contribution < -0.4 is 0 Å². The van der Waals surface area contributed by atoms with Crippen molar-refractivity contribution in [1.82, 2.24) is 14.7 Å². The number of aromatic nitrogens is 2. The zero-order chi connectivity index (χ0) is 14.9. The minimum atomic E-state index is -0.337. The number of aliphatic hydroxyl groups excluding tert-OH is 1. The average molecular weight is 302 g/mol. The van der Waals surface area contributed by atoms with E-state index in [1.807, 2.05) is 13.8 Å². The Morgan fingerprint density at radius 1 is 1.60 bits per heavy atom. The molecule has 2 unspecified atom stereocenters. The van der Waals surface area contributed by atoms with Crippen LogP contribution in [0.3, 0.4) is 0 Å². The summed E-state index contributed by atoms with van der Waals surface area (Å²) in [6.07, 6.45) is 0.305. The van der Waals surface area contributed by atoms with E-state index in [1.54, 1.807) is 11.9 Å². The molecule has 0 saturated carbocycles. The first-order valence-corrected chi connectivity index (χ1v) is 7.12. The molecule has 2 atom stereocenters. The van der Waals surface area contributed by atoms with Gasteiger partial charge < -0.3 is 14.7 Å². The highest BCUT2D eigenvalue weighted by atomic mass is 35.5. The lowest BCUT2D eigenvalue weighted by Gasteiger charge is -2.37. The molecule has 7 heteroatoms. The van der Waals surface area contributed by atoms with Crippen molar-refractivity contribution in [2.24, 2.45) is 7.05 Å². The van der Waals surface area contributed by atoms with E-state index >= 15 is 0 Å². The molecular weight excluding hydrogens is 282 g/mol. The van der Waals surface area contributed by atoms with Crippen molar-refractivity contribution < 1.29 is 14.6 Å². The molecule has 0 aliphatic carbocycles. The summed E-state index contributed by atoms with van der Waals surface area (Å²) in [5.74, 6) is -0.144. The number of hydrogen-bond acceptors (Lipinski definition) is 4. The second-order valence-electron chi connectivity index (χ2n) is 5.03. The van der Waals surface area contributed by atoms with Gasteiger partial charge in [0.2, 0.25) is 0 Å². The van der Waals surface area contributed by atoms with Crippen molar-refractivity contribution in [3.05, 3.63) is 16.4 Å². The van der Waals surface area contributed by atoms with Crippen molar-refractivity contribution in [3.63, 3.8) is 0 Å². The number of aryl methyl sites for hydroxylation is 2. The van der Waals surface area contributed by atoms with Crippen LogP contribution in [0.2, 0.25) is 5.15 Å². The molecule has 0 bridgehead atoms. The van der Waals surface area contributed by atoms with Crippen LogP contribution in [-0.4, -0.2) is 57.6 Å². The number of carbonyl (C=O) groups is 1. The fourth-order valence-corrected chi connectivity index (χ4v) is 2.60. The maximum atomic E-state index is 12.7. The van der Waals surface area contributed by atoms with Crippen LogP contribution in [-0.2, 0) is 18.2 Å². The Morgan fingerprint density at radius 3 is 2.90 bits per heavy atom.